The van der Waals surface area contributed by atoms with Crippen LogP contribution >= 0.6 is 7.60 Å². The van der Waals surface area contributed by atoms with E-state index in [9.17, 15) is 4.57 Å². The maximum absolute atomic E-state index is 11.0. The predicted molar refractivity (Wildman–Crippen MR) is 54.9 cm³/mol. The molecule has 0 rings (SSSR count). The molecule has 0 aromatic heterocycles. The molecule has 2 N–H and O–H groups in total. The van der Waals surface area contributed by atoms with Crippen LogP contribution in [0.15, 0.2) is 0 Å². The lowest BCUT2D eigenvalue weighted by Crippen LogP contribution is -2.07. The summed E-state index contributed by atoms with van der Waals surface area (Å²) in [5, 5.41) is 0. The fraction of sp³-hybridized carbons (Fsp3) is 1.00. The molecule has 1 unspecified atom stereocenters. The predicted octanol–water partition coefficient (Wildman–Crippen LogP) is 2.91. The van der Waals surface area contributed by atoms with Gasteiger partial charge < -0.3 is 9.79 Å². The quantitative estimate of drug-likeness (QED) is 0.499. The third kappa shape index (κ3) is 6.25. The number of unbranched alkanes of at least 4 members (excludes halogenated alkanes) is 2. The first-order valence-electron chi connectivity index (χ1n) is 5.07. The van der Waals surface area contributed by atoms with E-state index in [0.717, 1.165) is 25.7 Å². The fourth-order valence-corrected chi connectivity index (χ4v) is 2.56. The van der Waals surface area contributed by atoms with Gasteiger partial charge in [-0.15, -0.1) is 0 Å². The Hall–Kier alpha value is 0.150. The average molecular weight is 208 g/mol. The SMILES string of the molecule is CCCCCC(CCC)P(=O)(O)O. The van der Waals surface area contributed by atoms with Crippen LogP contribution in [0.3, 0.4) is 0 Å². The summed E-state index contributed by atoms with van der Waals surface area (Å²) in [6.07, 6.45) is 5.27. The van der Waals surface area contributed by atoms with Gasteiger partial charge in [-0.3, -0.25) is 4.57 Å². The molecule has 0 aromatic carbocycles. The molecule has 0 fully saturated rings. The topological polar surface area (TPSA) is 57.5 Å². The first-order valence-corrected chi connectivity index (χ1v) is 6.75. The molecule has 0 aromatic rings. The Morgan fingerprint density at radius 3 is 2.08 bits per heavy atom. The van der Waals surface area contributed by atoms with Gasteiger partial charge in [0.1, 0.15) is 0 Å². The van der Waals surface area contributed by atoms with Crippen LogP contribution in [0.25, 0.3) is 0 Å². The molecule has 0 aliphatic heterocycles. The minimum absolute atomic E-state index is 0.399. The first kappa shape index (κ1) is 13.2. The Bertz CT molecular complexity index is 164. The van der Waals surface area contributed by atoms with Crippen molar-refractivity contribution in [1.29, 1.82) is 0 Å². The Labute approximate surface area is 80.7 Å². The van der Waals surface area contributed by atoms with Gasteiger partial charge in [0.15, 0.2) is 0 Å². The molecule has 80 valence electrons. The number of hydrogen-bond donors (Lipinski definition) is 2. The number of rotatable bonds is 7. The van der Waals surface area contributed by atoms with E-state index < -0.39 is 13.3 Å². The summed E-state index contributed by atoms with van der Waals surface area (Å²) in [5.74, 6) is 0. The summed E-state index contributed by atoms with van der Waals surface area (Å²) in [5.41, 5.74) is -0.399. The molecule has 0 aliphatic carbocycles. The highest BCUT2D eigenvalue weighted by molar-refractivity contribution is 7.52. The van der Waals surface area contributed by atoms with E-state index >= 15 is 0 Å². The molecule has 0 saturated carbocycles. The van der Waals surface area contributed by atoms with Crippen LogP contribution in [0.2, 0.25) is 0 Å². The standard InChI is InChI=1S/C9H21O3P/c1-3-5-6-8-9(7-4-2)13(10,11)12/h9H,3-8H2,1-2H3,(H2,10,11,12). The van der Waals surface area contributed by atoms with E-state index in [-0.39, 0.29) is 0 Å². The monoisotopic (exact) mass is 208 g/mol. The lowest BCUT2D eigenvalue weighted by molar-refractivity contribution is 0.348. The second kappa shape index (κ2) is 6.58. The highest BCUT2D eigenvalue weighted by Crippen LogP contribution is 2.45. The minimum Gasteiger partial charge on any atom is -0.324 e. The third-order valence-electron chi connectivity index (χ3n) is 2.24. The summed E-state index contributed by atoms with van der Waals surface area (Å²) < 4.78 is 11.0. The third-order valence-corrected chi connectivity index (χ3v) is 3.71. The summed E-state index contributed by atoms with van der Waals surface area (Å²) in [4.78, 5) is 18.0. The van der Waals surface area contributed by atoms with Gasteiger partial charge in [-0.05, 0) is 12.8 Å². The summed E-state index contributed by atoms with van der Waals surface area (Å²) >= 11 is 0. The van der Waals surface area contributed by atoms with Crippen molar-refractivity contribution in [3.05, 3.63) is 0 Å². The summed E-state index contributed by atoms with van der Waals surface area (Å²) in [6, 6.07) is 0. The Balaban J connectivity index is 3.88. The largest absolute Gasteiger partial charge is 0.328 e. The molecule has 3 nitrogen and oxygen atoms in total. The van der Waals surface area contributed by atoms with Crippen molar-refractivity contribution in [3.8, 4) is 0 Å². The second-order valence-corrected chi connectivity index (χ2v) is 5.44. The maximum atomic E-state index is 11.0. The molecule has 0 heterocycles. The zero-order valence-electron chi connectivity index (χ0n) is 8.57. The lowest BCUT2D eigenvalue weighted by Gasteiger charge is -2.17. The molecule has 0 aliphatic rings. The van der Waals surface area contributed by atoms with Gasteiger partial charge in [0.25, 0.3) is 0 Å². The van der Waals surface area contributed by atoms with Crippen molar-refractivity contribution in [2.24, 2.45) is 0 Å². The van der Waals surface area contributed by atoms with Crippen molar-refractivity contribution in [2.45, 2.75) is 58.0 Å². The average Bonchev–Trinajstić information content (AvgIpc) is 2.01. The highest BCUT2D eigenvalue weighted by Gasteiger charge is 2.26. The van der Waals surface area contributed by atoms with E-state index in [1.165, 1.54) is 0 Å². The molecular weight excluding hydrogens is 187 g/mol. The van der Waals surface area contributed by atoms with E-state index in [1.54, 1.807) is 0 Å². The minimum atomic E-state index is -3.83. The van der Waals surface area contributed by atoms with E-state index in [2.05, 4.69) is 6.92 Å². The second-order valence-electron chi connectivity index (χ2n) is 3.53. The van der Waals surface area contributed by atoms with Crippen LogP contribution in [0.4, 0.5) is 0 Å². The van der Waals surface area contributed by atoms with Crippen molar-refractivity contribution < 1.29 is 14.4 Å². The van der Waals surface area contributed by atoms with Crippen molar-refractivity contribution >= 4 is 7.60 Å². The fourth-order valence-electron chi connectivity index (χ4n) is 1.44. The zero-order chi connectivity index (χ0) is 10.3. The Morgan fingerprint density at radius 2 is 1.69 bits per heavy atom. The van der Waals surface area contributed by atoms with Crippen LogP contribution in [0.1, 0.15) is 52.4 Å². The van der Waals surface area contributed by atoms with Crippen molar-refractivity contribution in [1.82, 2.24) is 0 Å². The van der Waals surface area contributed by atoms with Gasteiger partial charge in [0.05, 0.1) is 5.66 Å². The molecule has 0 bridgehead atoms. The van der Waals surface area contributed by atoms with Crippen molar-refractivity contribution in [3.63, 3.8) is 0 Å². The molecule has 0 spiro atoms. The van der Waals surface area contributed by atoms with E-state index in [4.69, 9.17) is 9.79 Å². The van der Waals surface area contributed by atoms with Gasteiger partial charge in [-0.2, -0.15) is 0 Å². The van der Waals surface area contributed by atoms with E-state index in [1.807, 2.05) is 6.92 Å². The zero-order valence-corrected chi connectivity index (χ0v) is 9.46. The molecule has 1 atom stereocenters. The van der Waals surface area contributed by atoms with Gasteiger partial charge in [0.2, 0.25) is 0 Å². The van der Waals surface area contributed by atoms with Crippen LogP contribution < -0.4 is 0 Å². The summed E-state index contributed by atoms with van der Waals surface area (Å²) in [7, 11) is -3.83. The van der Waals surface area contributed by atoms with Crippen LogP contribution in [0.5, 0.6) is 0 Å². The molecule has 0 saturated heterocycles. The summed E-state index contributed by atoms with van der Waals surface area (Å²) in [6.45, 7) is 4.05. The highest BCUT2D eigenvalue weighted by atomic mass is 31.2. The normalized spacial score (nSPS) is 14.5. The Morgan fingerprint density at radius 1 is 1.08 bits per heavy atom. The first-order chi connectivity index (χ1) is 6.02. The molecule has 0 radical (unpaired) electrons. The van der Waals surface area contributed by atoms with Gasteiger partial charge in [0, 0.05) is 0 Å². The lowest BCUT2D eigenvalue weighted by atomic mass is 10.1. The molecular formula is C9H21O3P. The van der Waals surface area contributed by atoms with E-state index in [0.29, 0.717) is 12.8 Å². The smallest absolute Gasteiger partial charge is 0.324 e. The molecule has 4 heteroatoms. The van der Waals surface area contributed by atoms with Crippen LogP contribution in [0, 0.1) is 0 Å². The maximum Gasteiger partial charge on any atom is 0.328 e. The van der Waals surface area contributed by atoms with Gasteiger partial charge in [-0.1, -0.05) is 39.5 Å². The van der Waals surface area contributed by atoms with Crippen molar-refractivity contribution in [2.75, 3.05) is 0 Å². The van der Waals surface area contributed by atoms with Gasteiger partial charge in [-0.25, -0.2) is 0 Å². The van der Waals surface area contributed by atoms with Crippen LogP contribution in [-0.2, 0) is 4.57 Å². The van der Waals surface area contributed by atoms with Crippen LogP contribution in [-0.4, -0.2) is 15.4 Å². The number of hydrogen-bond acceptors (Lipinski definition) is 1. The molecule has 0 amide bonds. The van der Waals surface area contributed by atoms with Gasteiger partial charge >= 0.3 is 7.60 Å². The molecule has 13 heavy (non-hydrogen) atoms. The Kier molecular flexibility index (Phi) is 6.66.